The van der Waals surface area contributed by atoms with Gasteiger partial charge in [0.1, 0.15) is 18.3 Å². The van der Waals surface area contributed by atoms with Crippen LogP contribution in [-0.2, 0) is 0 Å². The minimum absolute atomic E-state index is 0.110. The number of phenolic OH excluding ortho intramolecular Hbond substituents is 1. The van der Waals surface area contributed by atoms with Crippen LogP contribution in [0.2, 0.25) is 0 Å². The van der Waals surface area contributed by atoms with E-state index in [2.05, 4.69) is 0 Å². The zero-order valence-corrected chi connectivity index (χ0v) is 31.4. The number of aromatic hydroxyl groups is 1. The molecule has 4 aromatic rings. The summed E-state index contributed by atoms with van der Waals surface area (Å²) in [5.74, 6) is 0.925. The van der Waals surface area contributed by atoms with Gasteiger partial charge in [0.2, 0.25) is 0 Å². The highest BCUT2D eigenvalue weighted by Gasteiger charge is 2.29. The summed E-state index contributed by atoms with van der Waals surface area (Å²) in [5.41, 5.74) is 1.34. The first-order valence-electron chi connectivity index (χ1n) is 17.5. The van der Waals surface area contributed by atoms with Crippen molar-refractivity contribution in [2.45, 2.75) is 49.1 Å². The summed E-state index contributed by atoms with van der Waals surface area (Å²) >= 11 is 0. The van der Waals surface area contributed by atoms with Crippen molar-refractivity contribution in [2.75, 3.05) is 54.9 Å². The van der Waals surface area contributed by atoms with Crippen LogP contribution >= 0.6 is 0 Å². The van der Waals surface area contributed by atoms with Crippen molar-refractivity contribution < 1.29 is 79.1 Å². The van der Waals surface area contributed by atoms with Gasteiger partial charge in [0.15, 0.2) is 64.3 Å². The van der Waals surface area contributed by atoms with E-state index in [9.17, 15) is 40.9 Å². The van der Waals surface area contributed by atoms with E-state index >= 15 is 0 Å². The van der Waals surface area contributed by atoms with Crippen LogP contribution in [0.1, 0.15) is 53.1 Å². The Bertz CT molecular complexity index is 1840. The second-order valence-corrected chi connectivity index (χ2v) is 12.5. The van der Waals surface area contributed by atoms with Crippen LogP contribution in [0.3, 0.4) is 0 Å². The third kappa shape index (κ3) is 10.4. The molecule has 0 heterocycles. The topological polar surface area (TPSA) is 247 Å². The second-order valence-electron chi connectivity index (χ2n) is 12.5. The molecule has 0 aliphatic heterocycles. The smallest absolute Gasteiger partial charge is 0.161 e. The Morgan fingerprint density at radius 1 is 0.429 bits per heavy atom. The molecule has 306 valence electrons. The summed E-state index contributed by atoms with van der Waals surface area (Å²) in [5, 5.41) is 93.2. The van der Waals surface area contributed by atoms with Gasteiger partial charge in [-0.1, -0.05) is 24.3 Å². The number of ether oxygens (including phenoxy) is 7. The van der Waals surface area contributed by atoms with Gasteiger partial charge in [0.05, 0.1) is 54.4 Å². The van der Waals surface area contributed by atoms with E-state index in [1.54, 1.807) is 6.07 Å². The third-order valence-corrected chi connectivity index (χ3v) is 9.01. The molecule has 9 N–H and O–H groups in total. The molecular formula is C40H50O16. The van der Waals surface area contributed by atoms with Crippen molar-refractivity contribution in [2.24, 2.45) is 0 Å². The van der Waals surface area contributed by atoms with Gasteiger partial charge in [-0.3, -0.25) is 0 Å². The summed E-state index contributed by atoms with van der Waals surface area (Å²) in [4.78, 5) is 0. The summed E-state index contributed by atoms with van der Waals surface area (Å²) in [6.07, 6.45) is -8.50. The maximum atomic E-state index is 11.3. The third-order valence-electron chi connectivity index (χ3n) is 9.01. The molecule has 56 heavy (non-hydrogen) atoms. The molecule has 0 aliphatic rings. The fraction of sp³-hybridized carbons (Fsp3) is 0.400. The SMILES string of the molecule is COc1cc([C@@H](O)[C@H](CO)Oc2ccc([C@@H](O)[C@H](CO)Oc3ccc([C@@H](O)[C@H](CO)Oc4ccc([C@@H](O)CCO)cc4OC)cc3OC)cc2OC)ccc1O. The normalized spacial score (nSPS) is 15.1. The van der Waals surface area contributed by atoms with Gasteiger partial charge in [-0.25, -0.2) is 0 Å². The first-order valence-corrected chi connectivity index (χ1v) is 17.5. The number of aliphatic hydroxyl groups excluding tert-OH is 8. The first kappa shape index (κ1) is 43.7. The van der Waals surface area contributed by atoms with E-state index in [-0.39, 0.29) is 70.2 Å². The summed E-state index contributed by atoms with van der Waals surface area (Å²) in [6.45, 7) is -2.04. The van der Waals surface area contributed by atoms with E-state index < -0.39 is 62.5 Å². The van der Waals surface area contributed by atoms with Gasteiger partial charge < -0.3 is 79.1 Å². The summed E-state index contributed by atoms with van der Waals surface area (Å²) in [7, 11) is 5.48. The minimum atomic E-state index is -1.42. The lowest BCUT2D eigenvalue weighted by molar-refractivity contribution is -0.00353. The van der Waals surface area contributed by atoms with E-state index in [1.165, 1.54) is 95.2 Å². The Labute approximate surface area is 323 Å². The standard InChI is InChI=1S/C40H50O16/c1-50-31-16-23(5-9-27(31)46)38(47)35(19-42)55-29-11-7-25(18-33(29)52-3)40(49)37(21-44)56-30-12-8-24(17-34(30)53-4)39(48)36(20-43)54-28-10-6-22(15-32(28)51-2)26(45)13-14-41/h5-12,15-18,26,35-49H,13-14,19-21H2,1-4H3/t26-,35-,36-,37-,38+,39+,40+/m0/s1. The Hall–Kier alpha value is -5.04. The number of hydrogen-bond acceptors (Lipinski definition) is 16. The van der Waals surface area contributed by atoms with Gasteiger partial charge in [-0.15, -0.1) is 0 Å². The largest absolute Gasteiger partial charge is 0.504 e. The minimum Gasteiger partial charge on any atom is -0.504 e. The second kappa shape index (κ2) is 20.8. The van der Waals surface area contributed by atoms with Crippen LogP contribution in [0.15, 0.2) is 72.8 Å². The lowest BCUT2D eigenvalue weighted by atomic mass is 10.0. The van der Waals surface area contributed by atoms with Crippen LogP contribution in [0, 0.1) is 0 Å². The zero-order valence-electron chi connectivity index (χ0n) is 31.4. The first-order chi connectivity index (χ1) is 27.0. The summed E-state index contributed by atoms with van der Waals surface area (Å²) < 4.78 is 39.3. The van der Waals surface area contributed by atoms with Crippen molar-refractivity contribution in [3.05, 3.63) is 95.1 Å². The predicted octanol–water partition coefficient (Wildman–Crippen LogP) is 2.26. The van der Waals surface area contributed by atoms with Crippen LogP contribution in [0.5, 0.6) is 46.0 Å². The van der Waals surface area contributed by atoms with E-state index in [0.717, 1.165) is 0 Å². The monoisotopic (exact) mass is 786 g/mol. The quantitative estimate of drug-likeness (QED) is 0.0555. The molecule has 0 aliphatic carbocycles. The molecule has 0 unspecified atom stereocenters. The highest BCUT2D eigenvalue weighted by atomic mass is 16.6. The molecule has 0 fully saturated rings. The molecule has 0 amide bonds. The average Bonchev–Trinajstić information content (AvgIpc) is 3.23. The fourth-order valence-electron chi connectivity index (χ4n) is 5.82. The van der Waals surface area contributed by atoms with Gasteiger partial charge in [-0.2, -0.15) is 0 Å². The number of phenols is 1. The maximum absolute atomic E-state index is 11.3. The van der Waals surface area contributed by atoms with Crippen LogP contribution < -0.4 is 33.2 Å². The van der Waals surface area contributed by atoms with Crippen molar-refractivity contribution in [3.8, 4) is 46.0 Å². The Kier molecular flexibility index (Phi) is 16.2. The molecule has 16 nitrogen and oxygen atoms in total. The summed E-state index contributed by atoms with van der Waals surface area (Å²) in [6, 6.07) is 17.7. The van der Waals surface area contributed by atoms with Crippen molar-refractivity contribution >= 4 is 0 Å². The van der Waals surface area contributed by atoms with Gasteiger partial charge in [0.25, 0.3) is 0 Å². The number of methoxy groups -OCH3 is 4. The van der Waals surface area contributed by atoms with E-state index in [1.807, 2.05) is 0 Å². The van der Waals surface area contributed by atoms with Gasteiger partial charge in [-0.05, 0) is 70.8 Å². The van der Waals surface area contributed by atoms with E-state index in [4.69, 9.17) is 38.3 Å². The molecule has 0 saturated heterocycles. The number of rotatable bonds is 22. The highest BCUT2D eigenvalue weighted by Crippen LogP contribution is 2.39. The molecule has 0 aromatic heterocycles. The Morgan fingerprint density at radius 2 is 0.750 bits per heavy atom. The molecule has 7 atom stereocenters. The Morgan fingerprint density at radius 3 is 1.09 bits per heavy atom. The molecule has 4 aromatic carbocycles. The lowest BCUT2D eigenvalue weighted by Crippen LogP contribution is -2.30. The van der Waals surface area contributed by atoms with Crippen LogP contribution in [0.4, 0.5) is 0 Å². The van der Waals surface area contributed by atoms with Crippen molar-refractivity contribution in [1.82, 2.24) is 0 Å². The fourth-order valence-corrected chi connectivity index (χ4v) is 5.82. The average molecular weight is 787 g/mol. The van der Waals surface area contributed by atoms with Crippen LogP contribution in [0.25, 0.3) is 0 Å². The van der Waals surface area contributed by atoms with Crippen LogP contribution in [-0.4, -0.2) is 119 Å². The number of hydrogen-bond donors (Lipinski definition) is 9. The zero-order chi connectivity index (χ0) is 40.9. The molecular weight excluding hydrogens is 736 g/mol. The Balaban J connectivity index is 1.49. The van der Waals surface area contributed by atoms with Crippen molar-refractivity contribution in [1.29, 1.82) is 0 Å². The van der Waals surface area contributed by atoms with E-state index in [0.29, 0.717) is 11.1 Å². The van der Waals surface area contributed by atoms with Crippen molar-refractivity contribution in [3.63, 3.8) is 0 Å². The van der Waals surface area contributed by atoms with Gasteiger partial charge >= 0.3 is 0 Å². The molecule has 0 spiro atoms. The predicted molar refractivity (Wildman–Crippen MR) is 200 cm³/mol. The molecule has 0 bridgehead atoms. The highest BCUT2D eigenvalue weighted by molar-refractivity contribution is 5.47. The molecule has 4 rings (SSSR count). The maximum Gasteiger partial charge on any atom is 0.161 e. The number of aliphatic hydroxyl groups is 8. The molecule has 16 heteroatoms. The molecule has 0 radical (unpaired) electrons. The lowest BCUT2D eigenvalue weighted by Gasteiger charge is -2.27. The van der Waals surface area contributed by atoms with Gasteiger partial charge in [0, 0.05) is 13.0 Å². The molecule has 0 saturated carbocycles. The number of benzene rings is 4.